The van der Waals surface area contributed by atoms with Crippen LogP contribution in [0.3, 0.4) is 0 Å². The average molecular weight is 371 g/mol. The Bertz CT molecular complexity index is 775. The van der Waals surface area contributed by atoms with E-state index in [1.165, 1.54) is 14.2 Å². The standard InChI is InChI=1S/C21H25NO5/c1-14(16-8-6-5-7-9-16)12-20(23)27-15(2)21(24)22-17-10-11-18(25-3)19(13-17)26-4/h5-11,13-15H,12H2,1-4H3,(H,22,24)/t14-,15-/m0/s1. The molecule has 6 nitrogen and oxygen atoms in total. The van der Waals surface area contributed by atoms with Gasteiger partial charge in [0.1, 0.15) is 0 Å². The molecule has 0 aliphatic heterocycles. The summed E-state index contributed by atoms with van der Waals surface area (Å²) in [5.74, 6) is 0.241. The highest BCUT2D eigenvalue weighted by Gasteiger charge is 2.20. The number of hydrogen-bond acceptors (Lipinski definition) is 5. The Morgan fingerprint density at radius 3 is 2.26 bits per heavy atom. The first kappa shape index (κ1) is 20.3. The zero-order valence-corrected chi connectivity index (χ0v) is 16.0. The van der Waals surface area contributed by atoms with Gasteiger partial charge in [-0.15, -0.1) is 0 Å². The predicted octanol–water partition coefficient (Wildman–Crippen LogP) is 3.77. The first-order valence-corrected chi connectivity index (χ1v) is 8.72. The minimum Gasteiger partial charge on any atom is -0.493 e. The number of nitrogens with one attached hydrogen (secondary N) is 1. The molecular weight excluding hydrogens is 346 g/mol. The molecule has 1 N–H and O–H groups in total. The summed E-state index contributed by atoms with van der Waals surface area (Å²) in [7, 11) is 3.05. The van der Waals surface area contributed by atoms with Crippen molar-refractivity contribution in [2.24, 2.45) is 0 Å². The largest absolute Gasteiger partial charge is 0.493 e. The minimum atomic E-state index is -0.909. The zero-order chi connectivity index (χ0) is 19.8. The van der Waals surface area contributed by atoms with Crippen LogP contribution < -0.4 is 14.8 Å². The molecule has 0 saturated carbocycles. The number of esters is 1. The van der Waals surface area contributed by atoms with E-state index in [4.69, 9.17) is 14.2 Å². The molecule has 2 aromatic rings. The van der Waals surface area contributed by atoms with Gasteiger partial charge in [0.2, 0.25) is 0 Å². The second-order valence-corrected chi connectivity index (χ2v) is 6.21. The first-order chi connectivity index (χ1) is 12.9. The number of carbonyl (C=O) groups excluding carboxylic acids is 2. The van der Waals surface area contributed by atoms with Crippen LogP contribution in [0.15, 0.2) is 48.5 Å². The second-order valence-electron chi connectivity index (χ2n) is 6.21. The van der Waals surface area contributed by atoms with E-state index in [1.54, 1.807) is 25.1 Å². The Morgan fingerprint density at radius 1 is 0.963 bits per heavy atom. The van der Waals surface area contributed by atoms with Gasteiger partial charge in [-0.2, -0.15) is 0 Å². The van der Waals surface area contributed by atoms with E-state index in [0.29, 0.717) is 17.2 Å². The maximum atomic E-state index is 12.3. The van der Waals surface area contributed by atoms with Gasteiger partial charge in [-0.3, -0.25) is 9.59 Å². The van der Waals surface area contributed by atoms with Crippen molar-refractivity contribution in [2.45, 2.75) is 32.3 Å². The lowest BCUT2D eigenvalue weighted by Gasteiger charge is -2.16. The van der Waals surface area contributed by atoms with Crippen molar-refractivity contribution in [1.82, 2.24) is 0 Å². The molecular formula is C21H25NO5. The van der Waals surface area contributed by atoms with Crippen LogP contribution in [0.4, 0.5) is 5.69 Å². The van der Waals surface area contributed by atoms with Crippen LogP contribution in [0.2, 0.25) is 0 Å². The van der Waals surface area contributed by atoms with Gasteiger partial charge in [0, 0.05) is 11.8 Å². The lowest BCUT2D eigenvalue weighted by atomic mass is 9.98. The maximum absolute atomic E-state index is 12.3. The van der Waals surface area contributed by atoms with E-state index in [1.807, 2.05) is 37.3 Å². The van der Waals surface area contributed by atoms with Crippen LogP contribution in [0.1, 0.15) is 31.7 Å². The van der Waals surface area contributed by atoms with Gasteiger partial charge in [-0.05, 0) is 30.5 Å². The van der Waals surface area contributed by atoms with Crippen molar-refractivity contribution >= 4 is 17.6 Å². The molecule has 2 rings (SSSR count). The lowest BCUT2D eigenvalue weighted by Crippen LogP contribution is -2.30. The summed E-state index contributed by atoms with van der Waals surface area (Å²) < 4.78 is 15.6. The maximum Gasteiger partial charge on any atom is 0.307 e. The minimum absolute atomic E-state index is 0.0137. The van der Waals surface area contributed by atoms with E-state index in [-0.39, 0.29) is 12.3 Å². The number of ether oxygens (including phenoxy) is 3. The lowest BCUT2D eigenvalue weighted by molar-refractivity contribution is -0.153. The third kappa shape index (κ3) is 5.74. The van der Waals surface area contributed by atoms with Crippen LogP contribution in [0, 0.1) is 0 Å². The quantitative estimate of drug-likeness (QED) is 0.715. The van der Waals surface area contributed by atoms with Gasteiger partial charge >= 0.3 is 5.97 Å². The van der Waals surface area contributed by atoms with Crippen molar-refractivity contribution in [2.75, 3.05) is 19.5 Å². The van der Waals surface area contributed by atoms with Crippen LogP contribution in [-0.4, -0.2) is 32.2 Å². The Kier molecular flexibility index (Phi) is 7.23. The van der Waals surface area contributed by atoms with Crippen LogP contribution >= 0.6 is 0 Å². The van der Waals surface area contributed by atoms with E-state index in [9.17, 15) is 9.59 Å². The summed E-state index contributed by atoms with van der Waals surface area (Å²) in [5.41, 5.74) is 1.58. The third-order valence-electron chi connectivity index (χ3n) is 4.17. The van der Waals surface area contributed by atoms with Crippen molar-refractivity contribution < 1.29 is 23.8 Å². The third-order valence-corrected chi connectivity index (χ3v) is 4.17. The molecule has 0 aliphatic rings. The molecule has 2 aromatic carbocycles. The monoisotopic (exact) mass is 371 g/mol. The highest BCUT2D eigenvalue weighted by atomic mass is 16.5. The fraction of sp³-hybridized carbons (Fsp3) is 0.333. The summed E-state index contributed by atoms with van der Waals surface area (Å²) >= 11 is 0. The van der Waals surface area contributed by atoms with Gasteiger partial charge in [0.05, 0.1) is 20.6 Å². The van der Waals surface area contributed by atoms with Crippen LogP contribution in [-0.2, 0) is 14.3 Å². The number of carbonyl (C=O) groups is 2. The number of amides is 1. The first-order valence-electron chi connectivity index (χ1n) is 8.72. The van der Waals surface area contributed by atoms with E-state index in [2.05, 4.69) is 5.32 Å². The summed E-state index contributed by atoms with van der Waals surface area (Å²) in [6.45, 7) is 3.49. The Hall–Kier alpha value is -3.02. The fourth-order valence-corrected chi connectivity index (χ4v) is 2.61. The molecule has 0 bridgehead atoms. The van der Waals surface area contributed by atoms with Gasteiger partial charge in [-0.1, -0.05) is 37.3 Å². The number of hydrogen-bond donors (Lipinski definition) is 1. The van der Waals surface area contributed by atoms with Crippen LogP contribution in [0.5, 0.6) is 11.5 Å². The van der Waals surface area contributed by atoms with Crippen molar-refractivity contribution in [3.8, 4) is 11.5 Å². The molecule has 6 heteroatoms. The van der Waals surface area contributed by atoms with Gasteiger partial charge in [0.15, 0.2) is 17.6 Å². The molecule has 0 heterocycles. The Balaban J connectivity index is 1.90. The van der Waals surface area contributed by atoms with Crippen molar-refractivity contribution in [1.29, 1.82) is 0 Å². The molecule has 0 aromatic heterocycles. The highest BCUT2D eigenvalue weighted by Crippen LogP contribution is 2.29. The molecule has 0 aliphatic carbocycles. The van der Waals surface area contributed by atoms with E-state index in [0.717, 1.165) is 5.56 Å². The molecule has 0 spiro atoms. The number of anilines is 1. The Labute approximate surface area is 159 Å². The SMILES string of the molecule is COc1ccc(NC(=O)[C@H](C)OC(=O)C[C@H](C)c2ccccc2)cc1OC. The molecule has 0 fully saturated rings. The summed E-state index contributed by atoms with van der Waals surface area (Å²) in [4.78, 5) is 24.4. The fourth-order valence-electron chi connectivity index (χ4n) is 2.61. The molecule has 27 heavy (non-hydrogen) atoms. The van der Waals surface area contributed by atoms with Crippen molar-refractivity contribution in [3.05, 3.63) is 54.1 Å². The molecule has 2 atom stereocenters. The molecule has 0 saturated heterocycles. The van der Waals surface area contributed by atoms with E-state index >= 15 is 0 Å². The second kappa shape index (κ2) is 9.62. The van der Waals surface area contributed by atoms with Gasteiger partial charge < -0.3 is 19.5 Å². The summed E-state index contributed by atoms with van der Waals surface area (Å²) in [6, 6.07) is 14.7. The van der Waals surface area contributed by atoms with Crippen molar-refractivity contribution in [3.63, 3.8) is 0 Å². The number of benzene rings is 2. The summed E-state index contributed by atoms with van der Waals surface area (Å²) in [6.07, 6.45) is -0.702. The van der Waals surface area contributed by atoms with Crippen LogP contribution in [0.25, 0.3) is 0 Å². The number of methoxy groups -OCH3 is 2. The zero-order valence-electron chi connectivity index (χ0n) is 16.0. The predicted molar refractivity (Wildman–Crippen MR) is 103 cm³/mol. The number of rotatable bonds is 8. The molecule has 144 valence electrons. The van der Waals surface area contributed by atoms with E-state index < -0.39 is 18.0 Å². The normalized spacial score (nSPS) is 12.6. The Morgan fingerprint density at radius 2 is 1.63 bits per heavy atom. The average Bonchev–Trinajstić information content (AvgIpc) is 2.68. The molecule has 0 unspecified atom stereocenters. The summed E-state index contributed by atoms with van der Waals surface area (Å²) in [5, 5.41) is 2.71. The highest BCUT2D eigenvalue weighted by molar-refractivity contribution is 5.95. The van der Waals surface area contributed by atoms with Gasteiger partial charge in [-0.25, -0.2) is 0 Å². The smallest absolute Gasteiger partial charge is 0.307 e. The van der Waals surface area contributed by atoms with Gasteiger partial charge in [0.25, 0.3) is 5.91 Å². The molecule has 1 amide bonds. The topological polar surface area (TPSA) is 73.9 Å². The molecule has 0 radical (unpaired) electrons.